The second-order valence-electron chi connectivity index (χ2n) is 8.08. The number of nitrogens with one attached hydrogen (secondary N) is 1. The van der Waals surface area contributed by atoms with Crippen molar-refractivity contribution in [2.24, 2.45) is 16.2 Å². The largest absolute Gasteiger partial charge is 0.330 e. The molecule has 4 heterocycles. The maximum Gasteiger partial charge on any atom is 0.258 e. The Balaban J connectivity index is 1.38. The number of carbonyl (C=O) groups is 1. The van der Waals surface area contributed by atoms with Gasteiger partial charge >= 0.3 is 0 Å². The zero-order valence-electron chi connectivity index (χ0n) is 16.5. The van der Waals surface area contributed by atoms with Gasteiger partial charge in [-0.05, 0) is 30.4 Å². The Morgan fingerprint density at radius 2 is 2.03 bits per heavy atom. The zero-order valence-corrected chi connectivity index (χ0v) is 18.2. The summed E-state index contributed by atoms with van der Waals surface area (Å²) in [6.45, 7) is 7.82. The number of nitrogens with zero attached hydrogens (tertiary/aromatic N) is 4. The first-order chi connectivity index (χ1) is 13.8. The monoisotopic (exact) mass is 435 g/mol. The number of rotatable bonds is 4. The van der Waals surface area contributed by atoms with Crippen molar-refractivity contribution < 1.29 is 13.2 Å². The summed E-state index contributed by atoms with van der Waals surface area (Å²) < 4.78 is 26.9. The van der Waals surface area contributed by atoms with E-state index in [1.54, 1.807) is 23.3 Å². The predicted molar refractivity (Wildman–Crippen MR) is 114 cm³/mol. The molecular weight excluding hydrogens is 410 g/mol. The van der Waals surface area contributed by atoms with Crippen LogP contribution in [0.2, 0.25) is 0 Å². The number of piperidine rings is 1. The molecule has 3 aliphatic heterocycles. The highest BCUT2D eigenvalue weighted by atomic mass is 32.2. The van der Waals surface area contributed by atoms with Gasteiger partial charge in [0.1, 0.15) is 5.84 Å². The van der Waals surface area contributed by atoms with Crippen molar-refractivity contribution in [3.8, 4) is 0 Å². The number of anilines is 1. The molecule has 0 aliphatic carbocycles. The third-order valence-corrected chi connectivity index (χ3v) is 7.16. The molecule has 1 saturated heterocycles. The molecule has 1 aromatic heterocycles. The zero-order chi connectivity index (χ0) is 20.6. The van der Waals surface area contributed by atoms with E-state index in [1.807, 2.05) is 5.38 Å². The van der Waals surface area contributed by atoms with Crippen LogP contribution < -0.4 is 5.32 Å². The normalized spacial score (nSPS) is 26.5. The van der Waals surface area contributed by atoms with E-state index in [-0.39, 0.29) is 18.2 Å². The molecule has 0 radical (unpaired) electrons. The highest BCUT2D eigenvalue weighted by Crippen LogP contribution is 2.24. The summed E-state index contributed by atoms with van der Waals surface area (Å²) in [6, 6.07) is 0. The van der Waals surface area contributed by atoms with Crippen LogP contribution in [-0.4, -0.2) is 60.3 Å². The molecule has 2 atom stereocenters. The van der Waals surface area contributed by atoms with Gasteiger partial charge in [-0.25, -0.2) is 13.4 Å². The molecule has 8 nitrogen and oxygen atoms in total. The van der Waals surface area contributed by atoms with E-state index < -0.39 is 10.0 Å². The molecule has 1 fully saturated rings. The first-order valence-corrected chi connectivity index (χ1v) is 12.2. The molecule has 1 amide bonds. The molecule has 10 heteroatoms. The van der Waals surface area contributed by atoms with Gasteiger partial charge in [-0.15, -0.1) is 15.7 Å². The number of likely N-dealkylation sites (tertiary alicyclic amines) is 1. The van der Waals surface area contributed by atoms with Gasteiger partial charge in [-0.2, -0.15) is 0 Å². The van der Waals surface area contributed by atoms with Gasteiger partial charge in [0.15, 0.2) is 5.13 Å². The number of hydrogen-bond donors (Lipinski definition) is 1. The van der Waals surface area contributed by atoms with E-state index in [2.05, 4.69) is 33.4 Å². The second-order valence-corrected chi connectivity index (χ2v) is 10.7. The topological polar surface area (TPSA) is 95.0 Å². The molecule has 3 aliphatic rings. The van der Waals surface area contributed by atoms with Crippen LogP contribution in [0.4, 0.5) is 5.13 Å². The Kier molecular flexibility index (Phi) is 5.58. The van der Waals surface area contributed by atoms with Gasteiger partial charge in [-0.1, -0.05) is 13.8 Å². The number of hydrogen-bond acceptors (Lipinski definition) is 7. The van der Waals surface area contributed by atoms with Crippen LogP contribution >= 0.6 is 11.3 Å². The van der Waals surface area contributed by atoms with E-state index in [9.17, 15) is 13.2 Å². The summed E-state index contributed by atoms with van der Waals surface area (Å²) in [4.78, 5) is 21.3. The highest BCUT2D eigenvalue weighted by molar-refractivity contribution is 7.90. The van der Waals surface area contributed by atoms with Crippen LogP contribution in [0.15, 0.2) is 33.7 Å². The Morgan fingerprint density at radius 3 is 2.79 bits per heavy atom. The standard InChI is InChI=1S/C19H25N5O3S2/c1-13-7-14(2)9-23(8-13)11-16-12-28-19(20-16)21-18(25)15-3-4-17-22-29(26,27)6-5-24(17)10-15/h3-4,10,12-14H,5-9,11H2,1-2H3,(H,20,21,25). The Bertz CT molecular complexity index is 985. The maximum atomic E-state index is 12.6. The third kappa shape index (κ3) is 4.93. The molecule has 0 bridgehead atoms. The lowest BCUT2D eigenvalue weighted by molar-refractivity contribution is -0.112. The number of fused-ring (bicyclic) bond motifs is 1. The predicted octanol–water partition coefficient (Wildman–Crippen LogP) is 2.06. The molecule has 0 saturated carbocycles. The van der Waals surface area contributed by atoms with E-state index in [4.69, 9.17) is 0 Å². The van der Waals surface area contributed by atoms with Crippen LogP contribution in [-0.2, 0) is 21.4 Å². The van der Waals surface area contributed by atoms with E-state index >= 15 is 0 Å². The second kappa shape index (κ2) is 8.00. The van der Waals surface area contributed by atoms with Crippen molar-refractivity contribution in [3.63, 3.8) is 0 Å². The van der Waals surface area contributed by atoms with Crippen molar-refractivity contribution in [2.75, 3.05) is 30.7 Å². The fraction of sp³-hybridized carbons (Fsp3) is 0.526. The lowest BCUT2D eigenvalue weighted by Gasteiger charge is -2.34. The van der Waals surface area contributed by atoms with Crippen LogP contribution in [0.1, 0.15) is 26.0 Å². The average molecular weight is 436 g/mol. The SMILES string of the molecule is CC1CC(C)CN(Cc2csc(NC(=O)C3=CN4CCS(=O)(=O)N=C4C=C3)n2)C1. The van der Waals surface area contributed by atoms with Gasteiger partial charge in [-0.3, -0.25) is 15.0 Å². The Morgan fingerprint density at radius 1 is 1.28 bits per heavy atom. The third-order valence-electron chi connectivity index (χ3n) is 5.19. The maximum absolute atomic E-state index is 12.6. The van der Waals surface area contributed by atoms with Crippen molar-refractivity contribution in [2.45, 2.75) is 26.8 Å². The number of thiazole rings is 1. The summed E-state index contributed by atoms with van der Waals surface area (Å²) in [5.74, 6) is 1.41. The molecule has 2 unspecified atom stereocenters. The molecule has 1 N–H and O–H groups in total. The van der Waals surface area contributed by atoms with Crippen molar-refractivity contribution in [1.29, 1.82) is 0 Å². The van der Waals surface area contributed by atoms with Gasteiger partial charge in [0.2, 0.25) is 0 Å². The summed E-state index contributed by atoms with van der Waals surface area (Å²) >= 11 is 1.42. The van der Waals surface area contributed by atoms with Crippen LogP contribution in [0.25, 0.3) is 0 Å². The van der Waals surface area contributed by atoms with Gasteiger partial charge in [0.05, 0.1) is 17.0 Å². The number of amides is 1. The molecule has 4 rings (SSSR count). The Hall–Kier alpha value is -2.04. The molecule has 1 aromatic rings. The fourth-order valence-electron chi connectivity index (χ4n) is 4.09. The molecule has 29 heavy (non-hydrogen) atoms. The van der Waals surface area contributed by atoms with Crippen LogP contribution in [0.3, 0.4) is 0 Å². The van der Waals surface area contributed by atoms with Crippen LogP contribution in [0, 0.1) is 11.8 Å². The smallest absolute Gasteiger partial charge is 0.258 e. The highest BCUT2D eigenvalue weighted by Gasteiger charge is 2.26. The number of carbonyl (C=O) groups excluding carboxylic acids is 1. The quantitative estimate of drug-likeness (QED) is 0.778. The molecule has 156 valence electrons. The summed E-state index contributed by atoms with van der Waals surface area (Å²) in [7, 11) is -3.40. The lowest BCUT2D eigenvalue weighted by atomic mass is 9.92. The van der Waals surface area contributed by atoms with Gasteiger partial charge in [0.25, 0.3) is 15.9 Å². The van der Waals surface area contributed by atoms with E-state index in [1.165, 1.54) is 17.8 Å². The first kappa shape index (κ1) is 20.2. The molecular formula is C19H25N5O3S2. The molecule has 0 aromatic carbocycles. The first-order valence-electron chi connectivity index (χ1n) is 9.75. The Labute approximate surface area is 175 Å². The number of amidine groups is 1. The lowest BCUT2D eigenvalue weighted by Crippen LogP contribution is -2.38. The molecule has 0 spiro atoms. The van der Waals surface area contributed by atoms with E-state index in [0.717, 1.165) is 25.3 Å². The minimum absolute atomic E-state index is 0.0562. The number of aromatic nitrogens is 1. The van der Waals surface area contributed by atoms with Gasteiger partial charge in [0, 0.05) is 37.8 Å². The minimum atomic E-state index is -3.40. The summed E-state index contributed by atoms with van der Waals surface area (Å²) in [6.07, 6.45) is 6.04. The number of sulfonamides is 1. The van der Waals surface area contributed by atoms with E-state index in [0.29, 0.717) is 28.4 Å². The van der Waals surface area contributed by atoms with Crippen molar-refractivity contribution >= 4 is 38.2 Å². The summed E-state index contributed by atoms with van der Waals surface area (Å²) in [5.41, 5.74) is 1.41. The van der Waals surface area contributed by atoms with Crippen molar-refractivity contribution in [3.05, 3.63) is 35.0 Å². The summed E-state index contributed by atoms with van der Waals surface area (Å²) in [5, 5.41) is 5.40. The minimum Gasteiger partial charge on any atom is -0.330 e. The van der Waals surface area contributed by atoms with Crippen molar-refractivity contribution in [1.82, 2.24) is 14.8 Å². The van der Waals surface area contributed by atoms with Gasteiger partial charge < -0.3 is 4.90 Å². The average Bonchev–Trinajstić information content (AvgIpc) is 3.06. The van der Waals surface area contributed by atoms with Crippen LogP contribution in [0.5, 0.6) is 0 Å². The fourth-order valence-corrected chi connectivity index (χ4v) is 5.76.